The van der Waals surface area contributed by atoms with Crippen LogP contribution in [0.4, 0.5) is 17.6 Å². The van der Waals surface area contributed by atoms with Crippen LogP contribution in [0.5, 0.6) is 0 Å². The molecule has 0 saturated heterocycles. The normalized spacial score (nSPS) is 15.1. The first-order valence-electron chi connectivity index (χ1n) is 8.90. The van der Waals surface area contributed by atoms with Gasteiger partial charge in [-0.05, 0) is 29.5 Å². The number of hydrogen-bond acceptors (Lipinski definition) is 0. The van der Waals surface area contributed by atoms with E-state index in [9.17, 15) is 17.6 Å². The Morgan fingerprint density at radius 2 is 1.56 bits per heavy atom. The molecular weight excluding hydrogens is 354 g/mol. The largest absolute Gasteiger partial charge is 0.394 e. The van der Waals surface area contributed by atoms with Crippen molar-refractivity contribution in [3.63, 3.8) is 0 Å². The summed E-state index contributed by atoms with van der Waals surface area (Å²) in [7, 11) is 0. The Kier molecular flexibility index (Phi) is 4.83. The number of aromatic nitrogens is 1. The van der Waals surface area contributed by atoms with Gasteiger partial charge in [-0.1, -0.05) is 63.2 Å². The number of halogens is 4. The summed E-state index contributed by atoms with van der Waals surface area (Å²) < 4.78 is 56.2. The van der Waals surface area contributed by atoms with Gasteiger partial charge in [-0.15, -0.1) is 0 Å². The summed E-state index contributed by atoms with van der Waals surface area (Å²) >= 11 is 0. The summed E-state index contributed by atoms with van der Waals surface area (Å²) in [6.07, 6.45) is -4.71. The molecule has 0 bridgehead atoms. The first-order valence-corrected chi connectivity index (χ1v) is 8.90. The summed E-state index contributed by atoms with van der Waals surface area (Å²) in [6.45, 7) is 4.91. The molecule has 27 heavy (non-hydrogen) atoms. The van der Waals surface area contributed by atoms with Crippen LogP contribution in [0, 0.1) is 11.2 Å². The third-order valence-electron chi connectivity index (χ3n) is 5.31. The lowest BCUT2D eigenvalue weighted by Gasteiger charge is -2.39. The molecule has 1 N–H and O–H groups in total. The number of aromatic amines is 1. The molecule has 0 saturated carbocycles. The van der Waals surface area contributed by atoms with Crippen LogP contribution in [-0.4, -0.2) is 11.2 Å². The molecule has 2 aromatic carbocycles. The Morgan fingerprint density at radius 3 is 2.15 bits per heavy atom. The Hall–Kier alpha value is -2.30. The Labute approximate surface area is 156 Å². The molecule has 0 radical (unpaired) electrons. The van der Waals surface area contributed by atoms with Crippen LogP contribution in [0.15, 0.2) is 54.6 Å². The second kappa shape index (κ2) is 6.70. The number of alkyl halides is 3. The minimum absolute atomic E-state index is 0.0780. The minimum Gasteiger partial charge on any atom is -0.356 e. The number of fused-ring (bicyclic) bond motifs is 1. The molecule has 0 amide bonds. The van der Waals surface area contributed by atoms with Crippen LogP contribution in [0.2, 0.25) is 0 Å². The molecular formula is C22H23F4N. The number of rotatable bonds is 5. The van der Waals surface area contributed by atoms with Crippen molar-refractivity contribution in [2.75, 3.05) is 0 Å². The van der Waals surface area contributed by atoms with Crippen LogP contribution in [0.1, 0.15) is 38.4 Å². The van der Waals surface area contributed by atoms with Crippen LogP contribution >= 0.6 is 0 Å². The van der Waals surface area contributed by atoms with Crippen molar-refractivity contribution in [1.82, 2.24) is 4.98 Å². The van der Waals surface area contributed by atoms with Gasteiger partial charge < -0.3 is 4.98 Å². The zero-order valence-electron chi connectivity index (χ0n) is 15.6. The van der Waals surface area contributed by atoms with Crippen molar-refractivity contribution >= 4 is 10.9 Å². The van der Waals surface area contributed by atoms with Crippen molar-refractivity contribution in [1.29, 1.82) is 0 Å². The van der Waals surface area contributed by atoms with Gasteiger partial charge in [-0.2, -0.15) is 13.2 Å². The Morgan fingerprint density at radius 1 is 0.889 bits per heavy atom. The van der Waals surface area contributed by atoms with Gasteiger partial charge in [0, 0.05) is 17.5 Å². The predicted molar refractivity (Wildman–Crippen MR) is 100 cm³/mol. The van der Waals surface area contributed by atoms with Crippen LogP contribution < -0.4 is 0 Å². The van der Waals surface area contributed by atoms with Crippen LogP contribution in [-0.2, 0) is 11.8 Å². The van der Waals surface area contributed by atoms with Gasteiger partial charge in [0.05, 0.1) is 10.9 Å². The van der Waals surface area contributed by atoms with E-state index in [1.807, 2.05) is 44.2 Å². The zero-order valence-corrected chi connectivity index (χ0v) is 15.6. The summed E-state index contributed by atoms with van der Waals surface area (Å²) in [5.41, 5.74) is -1.12. The maximum Gasteiger partial charge on any atom is 0.394 e. The average Bonchev–Trinajstić information content (AvgIpc) is 2.98. The molecule has 1 unspecified atom stereocenters. The summed E-state index contributed by atoms with van der Waals surface area (Å²) in [6, 6.07) is 15.4. The maximum atomic E-state index is 14.1. The molecule has 1 atom stereocenters. The first kappa shape index (κ1) is 19.5. The average molecular weight is 377 g/mol. The van der Waals surface area contributed by atoms with Crippen molar-refractivity contribution < 1.29 is 17.6 Å². The number of para-hydroxylation sites is 1. The van der Waals surface area contributed by atoms with Gasteiger partial charge >= 0.3 is 6.18 Å². The van der Waals surface area contributed by atoms with E-state index in [0.29, 0.717) is 11.1 Å². The molecule has 0 spiro atoms. The molecule has 0 aliphatic rings. The standard InChI is InChI=1S/C22H23F4N/c1-20(2,16-9-5-4-6-10-16)14-21(3,22(24,25)26)13-17-12-15-8-7-11-18(23)19(15)27-17/h4-12,27H,13-14H2,1-3H3. The van der Waals surface area contributed by atoms with Crippen molar-refractivity contribution in [3.05, 3.63) is 71.7 Å². The molecule has 0 aliphatic heterocycles. The molecule has 3 rings (SSSR count). The second-order valence-corrected chi connectivity index (χ2v) is 8.16. The highest BCUT2D eigenvalue weighted by atomic mass is 19.4. The van der Waals surface area contributed by atoms with Gasteiger partial charge in [0.15, 0.2) is 0 Å². The predicted octanol–water partition coefficient (Wildman–Crippen LogP) is 6.79. The van der Waals surface area contributed by atoms with Gasteiger partial charge in [0.25, 0.3) is 0 Å². The van der Waals surface area contributed by atoms with Crippen molar-refractivity contribution in [3.8, 4) is 0 Å². The summed E-state index contributed by atoms with van der Waals surface area (Å²) in [4.78, 5) is 2.84. The topological polar surface area (TPSA) is 15.8 Å². The summed E-state index contributed by atoms with van der Waals surface area (Å²) in [5, 5.41) is 0.580. The monoisotopic (exact) mass is 377 g/mol. The number of hydrogen-bond donors (Lipinski definition) is 1. The zero-order chi connectivity index (χ0) is 19.9. The van der Waals surface area contributed by atoms with E-state index in [1.54, 1.807) is 18.2 Å². The number of H-pyrrole nitrogens is 1. The number of benzene rings is 2. The van der Waals surface area contributed by atoms with Crippen LogP contribution in [0.25, 0.3) is 10.9 Å². The van der Waals surface area contributed by atoms with Crippen molar-refractivity contribution in [2.24, 2.45) is 5.41 Å². The molecule has 3 aromatic rings. The van der Waals surface area contributed by atoms with E-state index >= 15 is 0 Å². The lowest BCUT2D eigenvalue weighted by atomic mass is 9.68. The molecule has 144 valence electrons. The SMILES string of the molecule is CC(C)(CC(C)(Cc1cc2cccc(F)c2[nH]1)C(F)(F)F)c1ccccc1. The van der Waals surface area contributed by atoms with E-state index in [1.165, 1.54) is 13.0 Å². The smallest absolute Gasteiger partial charge is 0.356 e. The fourth-order valence-electron chi connectivity index (χ4n) is 3.92. The van der Waals surface area contributed by atoms with Gasteiger partial charge in [-0.3, -0.25) is 0 Å². The highest BCUT2D eigenvalue weighted by molar-refractivity contribution is 5.80. The first-order chi connectivity index (χ1) is 12.5. The number of nitrogens with one attached hydrogen (secondary N) is 1. The lowest BCUT2D eigenvalue weighted by molar-refractivity contribution is -0.224. The van der Waals surface area contributed by atoms with E-state index in [2.05, 4.69) is 4.98 Å². The van der Waals surface area contributed by atoms with E-state index in [-0.39, 0.29) is 18.4 Å². The highest BCUT2D eigenvalue weighted by Gasteiger charge is 2.53. The van der Waals surface area contributed by atoms with Crippen LogP contribution in [0.3, 0.4) is 0 Å². The summed E-state index contributed by atoms with van der Waals surface area (Å²) in [5.74, 6) is -0.461. The van der Waals surface area contributed by atoms with Crippen molar-refractivity contribution in [2.45, 2.75) is 45.2 Å². The maximum absolute atomic E-state index is 14.1. The Balaban J connectivity index is 1.96. The van der Waals surface area contributed by atoms with Gasteiger partial charge in [0.2, 0.25) is 0 Å². The Bertz CT molecular complexity index is 924. The molecule has 1 heterocycles. The fourth-order valence-corrected chi connectivity index (χ4v) is 3.92. The third kappa shape index (κ3) is 3.87. The van der Waals surface area contributed by atoms with Gasteiger partial charge in [-0.25, -0.2) is 4.39 Å². The quantitative estimate of drug-likeness (QED) is 0.471. The van der Waals surface area contributed by atoms with Gasteiger partial charge in [0.1, 0.15) is 5.82 Å². The molecule has 0 fully saturated rings. The molecule has 5 heteroatoms. The second-order valence-electron chi connectivity index (χ2n) is 8.16. The van der Waals surface area contributed by atoms with E-state index in [4.69, 9.17) is 0 Å². The molecule has 0 aliphatic carbocycles. The van der Waals surface area contributed by atoms with E-state index in [0.717, 1.165) is 5.56 Å². The van der Waals surface area contributed by atoms with E-state index < -0.39 is 22.8 Å². The molecule has 1 nitrogen and oxygen atoms in total. The third-order valence-corrected chi connectivity index (χ3v) is 5.31. The lowest BCUT2D eigenvalue weighted by Crippen LogP contribution is -2.42. The highest BCUT2D eigenvalue weighted by Crippen LogP contribution is 2.49. The fraction of sp³-hybridized carbons (Fsp3) is 0.364. The minimum atomic E-state index is -4.39. The molecule has 1 aromatic heterocycles.